The lowest BCUT2D eigenvalue weighted by atomic mass is 10.0. The zero-order valence-electron chi connectivity index (χ0n) is 10.7. The fraction of sp³-hybridized carbons (Fsp3) is 0.538. The summed E-state index contributed by atoms with van der Waals surface area (Å²) in [7, 11) is -2.93. The first-order valence-electron chi connectivity index (χ1n) is 6.00. The summed E-state index contributed by atoms with van der Waals surface area (Å²) in [6.07, 6.45) is 0.371. The summed E-state index contributed by atoms with van der Waals surface area (Å²) in [6.45, 7) is 3.60. The number of hydrogen-bond acceptors (Lipinski definition) is 3. The zero-order chi connectivity index (χ0) is 13.8. The average molecular weight is 335 g/mol. The van der Waals surface area contributed by atoms with E-state index < -0.39 is 15.9 Å². The van der Waals surface area contributed by atoms with E-state index >= 15 is 0 Å². The van der Waals surface area contributed by atoms with E-state index in [2.05, 4.69) is 15.9 Å². The number of aryl methyl sites for hydroxylation is 1. The number of aliphatic hydroxyl groups excluding tert-OH is 1. The monoisotopic (exact) mass is 334 g/mol. The Balaban J connectivity index is 2.55. The highest BCUT2D eigenvalue weighted by molar-refractivity contribution is 9.10. The van der Waals surface area contributed by atoms with Gasteiger partial charge in [0.05, 0.1) is 11.9 Å². The van der Waals surface area contributed by atoms with Crippen LogP contribution in [0.4, 0.5) is 0 Å². The predicted molar refractivity (Wildman–Crippen MR) is 77.4 cm³/mol. The van der Waals surface area contributed by atoms with E-state index in [-0.39, 0.29) is 11.5 Å². The van der Waals surface area contributed by atoms with Gasteiger partial charge in [-0.15, -0.1) is 0 Å². The van der Waals surface area contributed by atoms with Crippen LogP contribution in [-0.4, -0.2) is 25.0 Å². The lowest BCUT2D eigenvalue weighted by molar-refractivity contribution is 0.166. The number of benzene rings is 1. The third kappa shape index (κ3) is 4.71. The molecule has 0 aliphatic heterocycles. The van der Waals surface area contributed by atoms with Gasteiger partial charge in [-0.05, 0) is 37.0 Å². The summed E-state index contributed by atoms with van der Waals surface area (Å²) in [5.74, 6) is 0.316. The van der Waals surface area contributed by atoms with Gasteiger partial charge in [0.1, 0.15) is 9.84 Å². The minimum absolute atomic E-state index is 0.149. The quantitative estimate of drug-likeness (QED) is 0.869. The van der Waals surface area contributed by atoms with Crippen molar-refractivity contribution in [3.05, 3.63) is 33.8 Å². The fourth-order valence-corrected chi connectivity index (χ4v) is 2.82. The van der Waals surface area contributed by atoms with Gasteiger partial charge in [0, 0.05) is 10.2 Å². The Morgan fingerprint density at radius 2 is 2.06 bits per heavy atom. The molecule has 0 spiro atoms. The molecule has 1 aromatic carbocycles. The number of sulfone groups is 1. The summed E-state index contributed by atoms with van der Waals surface area (Å²) < 4.78 is 23.7. The van der Waals surface area contributed by atoms with Crippen molar-refractivity contribution in [2.45, 2.75) is 32.8 Å². The Labute approximate surface area is 117 Å². The van der Waals surface area contributed by atoms with Crippen LogP contribution in [0.25, 0.3) is 0 Å². The molecule has 0 heterocycles. The maximum atomic E-state index is 11.3. The lowest BCUT2D eigenvalue weighted by Gasteiger charge is -2.12. The molecule has 0 radical (unpaired) electrons. The smallest absolute Gasteiger partial charge is 0.150 e. The molecular weight excluding hydrogens is 316 g/mol. The zero-order valence-corrected chi connectivity index (χ0v) is 13.1. The first-order valence-corrected chi connectivity index (χ1v) is 8.61. The summed E-state index contributed by atoms with van der Waals surface area (Å²) in [4.78, 5) is 0. The van der Waals surface area contributed by atoms with Crippen molar-refractivity contribution in [3.63, 3.8) is 0 Å². The van der Waals surface area contributed by atoms with Crippen LogP contribution in [-0.2, 0) is 9.84 Å². The minimum atomic E-state index is -2.93. The Kier molecular flexibility index (Phi) is 5.82. The van der Waals surface area contributed by atoms with E-state index in [4.69, 9.17) is 0 Å². The molecule has 3 nitrogen and oxygen atoms in total. The van der Waals surface area contributed by atoms with Crippen LogP contribution in [0.3, 0.4) is 0 Å². The minimum Gasteiger partial charge on any atom is -0.388 e. The summed E-state index contributed by atoms with van der Waals surface area (Å²) in [5, 5.41) is 10.00. The third-order valence-electron chi connectivity index (χ3n) is 2.94. The molecule has 0 aliphatic rings. The van der Waals surface area contributed by atoms with Gasteiger partial charge in [0.2, 0.25) is 0 Å². The number of rotatable bonds is 6. The van der Waals surface area contributed by atoms with Crippen LogP contribution < -0.4 is 0 Å². The van der Waals surface area contributed by atoms with Crippen molar-refractivity contribution in [2.75, 3.05) is 11.5 Å². The molecule has 0 saturated heterocycles. The summed E-state index contributed by atoms with van der Waals surface area (Å²) in [5.41, 5.74) is 1.90. The van der Waals surface area contributed by atoms with Gasteiger partial charge in [-0.2, -0.15) is 0 Å². The SMILES string of the molecule is CCS(=O)(=O)CCCC(O)c1ccc(Br)c(C)c1. The molecule has 1 atom stereocenters. The van der Waals surface area contributed by atoms with E-state index in [1.54, 1.807) is 6.92 Å². The van der Waals surface area contributed by atoms with Crippen LogP contribution in [0.5, 0.6) is 0 Å². The van der Waals surface area contributed by atoms with Crippen molar-refractivity contribution in [1.82, 2.24) is 0 Å². The standard InChI is InChI=1S/C13H19BrO3S/c1-3-18(16,17)8-4-5-13(15)11-6-7-12(14)10(2)9-11/h6-7,9,13,15H,3-5,8H2,1-2H3. The van der Waals surface area contributed by atoms with Gasteiger partial charge >= 0.3 is 0 Å². The van der Waals surface area contributed by atoms with Gasteiger partial charge in [0.25, 0.3) is 0 Å². The molecule has 102 valence electrons. The van der Waals surface area contributed by atoms with E-state index in [9.17, 15) is 13.5 Å². The van der Waals surface area contributed by atoms with Crippen LogP contribution in [0.1, 0.15) is 37.0 Å². The summed E-state index contributed by atoms with van der Waals surface area (Å²) >= 11 is 3.41. The van der Waals surface area contributed by atoms with E-state index in [1.807, 2.05) is 25.1 Å². The third-order valence-corrected chi connectivity index (χ3v) is 5.62. The normalized spacial score (nSPS) is 13.6. The molecule has 1 N–H and O–H groups in total. The molecule has 0 aliphatic carbocycles. The molecule has 5 heteroatoms. The first-order chi connectivity index (χ1) is 8.35. The Bertz CT molecular complexity index is 497. The van der Waals surface area contributed by atoms with Gasteiger partial charge in [0.15, 0.2) is 0 Å². The van der Waals surface area contributed by atoms with Crippen molar-refractivity contribution in [2.24, 2.45) is 0 Å². The van der Waals surface area contributed by atoms with Gasteiger partial charge in [-0.1, -0.05) is 35.0 Å². The van der Waals surface area contributed by atoms with Crippen molar-refractivity contribution in [1.29, 1.82) is 0 Å². The molecule has 0 amide bonds. The van der Waals surface area contributed by atoms with Crippen LogP contribution in [0, 0.1) is 6.92 Å². The molecule has 0 aromatic heterocycles. The molecule has 1 unspecified atom stereocenters. The fourth-order valence-electron chi connectivity index (χ4n) is 1.68. The second-order valence-electron chi connectivity index (χ2n) is 4.40. The second-order valence-corrected chi connectivity index (χ2v) is 7.73. The lowest BCUT2D eigenvalue weighted by Crippen LogP contribution is -2.10. The Hall–Kier alpha value is -0.390. The van der Waals surface area contributed by atoms with Crippen LogP contribution in [0.15, 0.2) is 22.7 Å². The van der Waals surface area contributed by atoms with Crippen molar-refractivity contribution in [3.8, 4) is 0 Å². The highest BCUT2D eigenvalue weighted by Gasteiger charge is 2.12. The van der Waals surface area contributed by atoms with E-state index in [1.165, 1.54) is 0 Å². The highest BCUT2D eigenvalue weighted by Crippen LogP contribution is 2.24. The van der Waals surface area contributed by atoms with Crippen molar-refractivity contribution >= 4 is 25.8 Å². The molecule has 0 fully saturated rings. The molecule has 0 saturated carbocycles. The number of halogens is 1. The van der Waals surface area contributed by atoms with Gasteiger partial charge < -0.3 is 5.11 Å². The van der Waals surface area contributed by atoms with Gasteiger partial charge in [-0.25, -0.2) is 8.42 Å². The number of hydrogen-bond donors (Lipinski definition) is 1. The molecule has 1 rings (SSSR count). The average Bonchev–Trinajstić information content (AvgIpc) is 2.32. The second kappa shape index (κ2) is 6.68. The maximum Gasteiger partial charge on any atom is 0.150 e. The Morgan fingerprint density at radius 1 is 1.39 bits per heavy atom. The highest BCUT2D eigenvalue weighted by atomic mass is 79.9. The number of aliphatic hydroxyl groups is 1. The summed E-state index contributed by atoms with van der Waals surface area (Å²) in [6, 6.07) is 5.68. The molecular formula is C13H19BrO3S. The molecule has 0 bridgehead atoms. The molecule has 18 heavy (non-hydrogen) atoms. The topological polar surface area (TPSA) is 54.4 Å². The first kappa shape index (κ1) is 15.7. The predicted octanol–water partition coefficient (Wildman–Crippen LogP) is 3.01. The van der Waals surface area contributed by atoms with E-state index in [0.29, 0.717) is 12.8 Å². The van der Waals surface area contributed by atoms with E-state index in [0.717, 1.165) is 15.6 Å². The maximum absolute atomic E-state index is 11.3. The Morgan fingerprint density at radius 3 is 2.61 bits per heavy atom. The van der Waals surface area contributed by atoms with Crippen LogP contribution >= 0.6 is 15.9 Å². The molecule has 1 aromatic rings. The largest absolute Gasteiger partial charge is 0.388 e. The van der Waals surface area contributed by atoms with Crippen molar-refractivity contribution < 1.29 is 13.5 Å². The van der Waals surface area contributed by atoms with Gasteiger partial charge in [-0.3, -0.25) is 0 Å². The van der Waals surface area contributed by atoms with Crippen LogP contribution in [0.2, 0.25) is 0 Å².